The summed E-state index contributed by atoms with van der Waals surface area (Å²) in [6.45, 7) is 7.87. The van der Waals surface area contributed by atoms with Crippen LogP contribution in [0.1, 0.15) is 28.1 Å². The van der Waals surface area contributed by atoms with Gasteiger partial charge in [0.2, 0.25) is 5.91 Å². The van der Waals surface area contributed by atoms with Gasteiger partial charge in [-0.05, 0) is 50.3 Å². The summed E-state index contributed by atoms with van der Waals surface area (Å²) < 4.78 is 0. The zero-order valence-electron chi connectivity index (χ0n) is 15.0. The molecule has 4 rings (SSSR count). The molecule has 1 unspecified atom stereocenters. The number of hydrogen-bond acceptors (Lipinski definition) is 4. The molecule has 1 aliphatic carbocycles. The Morgan fingerprint density at radius 1 is 1.20 bits per heavy atom. The van der Waals surface area contributed by atoms with Gasteiger partial charge in [0.05, 0.1) is 11.2 Å². The number of anilines is 1. The Hall–Kier alpha value is -1.88. The normalized spacial score (nSPS) is 20.5. The van der Waals surface area contributed by atoms with Crippen molar-refractivity contribution in [2.45, 2.75) is 33.1 Å². The molecule has 2 heterocycles. The van der Waals surface area contributed by atoms with Crippen LogP contribution < -0.4 is 4.90 Å². The van der Waals surface area contributed by atoms with E-state index in [0.717, 1.165) is 45.4 Å². The molecule has 132 valence electrons. The average molecular weight is 356 g/mol. The van der Waals surface area contributed by atoms with Crippen molar-refractivity contribution < 1.29 is 4.79 Å². The van der Waals surface area contributed by atoms with Gasteiger partial charge in [-0.3, -0.25) is 4.79 Å². The lowest BCUT2D eigenvalue weighted by molar-refractivity contribution is -0.136. The Bertz CT molecular complexity index is 777. The SMILES string of the molecule is Cc1cccc(N2CCN(C(=O)C3CCc4ncsc4C3)CC2)c1C. The van der Waals surface area contributed by atoms with Crippen molar-refractivity contribution in [2.24, 2.45) is 5.92 Å². The summed E-state index contributed by atoms with van der Waals surface area (Å²) >= 11 is 1.70. The third-order valence-electron chi connectivity index (χ3n) is 5.74. The van der Waals surface area contributed by atoms with E-state index in [9.17, 15) is 4.79 Å². The van der Waals surface area contributed by atoms with Crippen LogP contribution in [0.5, 0.6) is 0 Å². The maximum Gasteiger partial charge on any atom is 0.226 e. The summed E-state index contributed by atoms with van der Waals surface area (Å²) in [6, 6.07) is 6.49. The van der Waals surface area contributed by atoms with Crippen LogP contribution in [0.2, 0.25) is 0 Å². The number of hydrogen-bond donors (Lipinski definition) is 0. The van der Waals surface area contributed by atoms with Gasteiger partial charge in [0.25, 0.3) is 0 Å². The Balaban J connectivity index is 1.39. The third kappa shape index (κ3) is 3.17. The van der Waals surface area contributed by atoms with Crippen molar-refractivity contribution in [1.82, 2.24) is 9.88 Å². The second kappa shape index (κ2) is 6.79. The van der Waals surface area contributed by atoms with Crippen molar-refractivity contribution in [3.8, 4) is 0 Å². The van der Waals surface area contributed by atoms with E-state index in [0.29, 0.717) is 5.91 Å². The van der Waals surface area contributed by atoms with E-state index in [1.807, 2.05) is 5.51 Å². The number of carbonyl (C=O) groups excluding carboxylic acids is 1. The van der Waals surface area contributed by atoms with Gasteiger partial charge in [-0.2, -0.15) is 0 Å². The number of benzene rings is 1. The van der Waals surface area contributed by atoms with Crippen molar-refractivity contribution in [2.75, 3.05) is 31.1 Å². The molecule has 2 aliphatic rings. The molecule has 4 nitrogen and oxygen atoms in total. The predicted octanol–water partition coefficient (Wildman–Crippen LogP) is 3.21. The number of rotatable bonds is 2. The number of aryl methyl sites for hydroxylation is 2. The molecule has 2 aromatic rings. The molecule has 5 heteroatoms. The quantitative estimate of drug-likeness (QED) is 0.830. The minimum absolute atomic E-state index is 0.153. The minimum Gasteiger partial charge on any atom is -0.368 e. The van der Waals surface area contributed by atoms with Crippen molar-refractivity contribution in [1.29, 1.82) is 0 Å². The molecule has 0 N–H and O–H groups in total. The molecule has 1 saturated heterocycles. The lowest BCUT2D eigenvalue weighted by atomic mass is 9.90. The topological polar surface area (TPSA) is 36.4 Å². The van der Waals surface area contributed by atoms with E-state index in [1.54, 1.807) is 11.3 Å². The van der Waals surface area contributed by atoms with Gasteiger partial charge in [0.1, 0.15) is 0 Å². The zero-order chi connectivity index (χ0) is 17.4. The fraction of sp³-hybridized carbons (Fsp3) is 0.500. The Morgan fingerprint density at radius 3 is 2.80 bits per heavy atom. The molecule has 0 bridgehead atoms. The van der Waals surface area contributed by atoms with Gasteiger partial charge in [-0.25, -0.2) is 4.98 Å². The van der Waals surface area contributed by atoms with Crippen LogP contribution in [0.4, 0.5) is 5.69 Å². The standard InChI is InChI=1S/C20H25N3OS/c1-14-4-3-5-18(15(14)2)22-8-10-23(11-9-22)20(24)16-6-7-17-19(12-16)25-13-21-17/h3-5,13,16H,6-12H2,1-2H3. The molecule has 1 aliphatic heterocycles. The zero-order valence-corrected chi connectivity index (χ0v) is 15.8. The minimum atomic E-state index is 0.153. The lowest BCUT2D eigenvalue weighted by Crippen LogP contribution is -2.51. The highest BCUT2D eigenvalue weighted by molar-refractivity contribution is 7.09. The van der Waals surface area contributed by atoms with Crippen LogP contribution in [0.3, 0.4) is 0 Å². The molecule has 1 aromatic carbocycles. The monoisotopic (exact) mass is 355 g/mol. The summed E-state index contributed by atoms with van der Waals surface area (Å²) in [5.74, 6) is 0.500. The maximum absolute atomic E-state index is 12.9. The van der Waals surface area contributed by atoms with Gasteiger partial charge in [-0.1, -0.05) is 12.1 Å². The Morgan fingerprint density at radius 2 is 2.00 bits per heavy atom. The van der Waals surface area contributed by atoms with Crippen molar-refractivity contribution >= 4 is 22.9 Å². The van der Waals surface area contributed by atoms with Crippen LogP contribution in [0, 0.1) is 19.8 Å². The first kappa shape index (κ1) is 16.6. The highest BCUT2D eigenvalue weighted by Gasteiger charge is 2.31. The highest BCUT2D eigenvalue weighted by atomic mass is 32.1. The number of thiazole rings is 1. The number of aromatic nitrogens is 1. The Kier molecular flexibility index (Phi) is 4.50. The van der Waals surface area contributed by atoms with Crippen LogP contribution in [-0.4, -0.2) is 42.0 Å². The van der Waals surface area contributed by atoms with Gasteiger partial charge in [0, 0.05) is 42.7 Å². The number of fused-ring (bicyclic) bond motifs is 1. The fourth-order valence-corrected chi connectivity index (χ4v) is 4.91. The maximum atomic E-state index is 12.9. The van der Waals surface area contributed by atoms with Gasteiger partial charge < -0.3 is 9.80 Å². The molecule has 1 fully saturated rings. The van der Waals surface area contributed by atoms with Crippen molar-refractivity contribution in [3.63, 3.8) is 0 Å². The van der Waals surface area contributed by atoms with Gasteiger partial charge in [-0.15, -0.1) is 11.3 Å². The van der Waals surface area contributed by atoms with E-state index in [4.69, 9.17) is 0 Å². The Labute approximate surface area is 153 Å². The molecule has 0 radical (unpaired) electrons. The van der Waals surface area contributed by atoms with Crippen LogP contribution >= 0.6 is 11.3 Å². The number of carbonyl (C=O) groups is 1. The van der Waals surface area contributed by atoms with E-state index in [1.165, 1.54) is 27.4 Å². The van der Waals surface area contributed by atoms with Crippen LogP contribution in [0.15, 0.2) is 23.7 Å². The fourth-order valence-electron chi connectivity index (χ4n) is 4.02. The van der Waals surface area contributed by atoms with Gasteiger partial charge in [0.15, 0.2) is 0 Å². The second-order valence-corrected chi connectivity index (χ2v) is 8.13. The molecule has 1 atom stereocenters. The molecule has 25 heavy (non-hydrogen) atoms. The smallest absolute Gasteiger partial charge is 0.226 e. The van der Waals surface area contributed by atoms with E-state index >= 15 is 0 Å². The number of piperazine rings is 1. The average Bonchev–Trinajstić information content (AvgIpc) is 3.11. The number of nitrogens with zero attached hydrogens (tertiary/aromatic N) is 3. The van der Waals surface area contributed by atoms with E-state index < -0.39 is 0 Å². The summed E-state index contributed by atoms with van der Waals surface area (Å²) in [6.07, 6.45) is 2.79. The van der Waals surface area contributed by atoms with E-state index in [-0.39, 0.29) is 5.92 Å². The lowest BCUT2D eigenvalue weighted by Gasteiger charge is -2.38. The van der Waals surface area contributed by atoms with E-state index in [2.05, 4.69) is 46.8 Å². The van der Waals surface area contributed by atoms with Crippen molar-refractivity contribution in [3.05, 3.63) is 45.4 Å². The molecule has 1 amide bonds. The van der Waals surface area contributed by atoms with Crippen LogP contribution in [0.25, 0.3) is 0 Å². The summed E-state index contributed by atoms with van der Waals surface area (Å²) in [5, 5.41) is 0. The molecular weight excluding hydrogens is 330 g/mol. The molecular formula is C20H25N3OS. The first-order valence-electron chi connectivity index (χ1n) is 9.14. The first-order chi connectivity index (χ1) is 12.1. The number of amides is 1. The van der Waals surface area contributed by atoms with Crippen LogP contribution in [-0.2, 0) is 17.6 Å². The van der Waals surface area contributed by atoms with Gasteiger partial charge >= 0.3 is 0 Å². The molecule has 0 spiro atoms. The summed E-state index contributed by atoms with van der Waals surface area (Å²) in [7, 11) is 0. The summed E-state index contributed by atoms with van der Waals surface area (Å²) in [4.78, 5) is 23.2. The molecule has 1 aromatic heterocycles. The predicted molar refractivity (Wildman–Crippen MR) is 102 cm³/mol. The summed E-state index contributed by atoms with van der Waals surface area (Å²) in [5.41, 5.74) is 7.14. The highest BCUT2D eigenvalue weighted by Crippen LogP contribution is 2.30. The molecule has 0 saturated carbocycles. The first-order valence-corrected chi connectivity index (χ1v) is 10.0. The second-order valence-electron chi connectivity index (χ2n) is 7.19. The largest absolute Gasteiger partial charge is 0.368 e. The third-order valence-corrected chi connectivity index (χ3v) is 6.64.